The zero-order valence-electron chi connectivity index (χ0n) is 15.8. The van der Waals surface area contributed by atoms with E-state index in [0.29, 0.717) is 12.5 Å². The molecule has 4 aliphatic heterocycles. The van der Waals surface area contributed by atoms with Gasteiger partial charge in [0.2, 0.25) is 0 Å². The van der Waals surface area contributed by atoms with Crippen LogP contribution in [-0.2, 0) is 11.2 Å². The zero-order chi connectivity index (χ0) is 19.1. The van der Waals surface area contributed by atoms with Crippen molar-refractivity contribution in [3.05, 3.63) is 65.2 Å². The highest BCUT2D eigenvalue weighted by atomic mass is 19.1. The van der Waals surface area contributed by atoms with Crippen LogP contribution in [0.1, 0.15) is 35.6 Å². The molecule has 4 aliphatic rings. The lowest BCUT2D eigenvalue weighted by Gasteiger charge is -2.45. The predicted octanol–water partition coefficient (Wildman–Crippen LogP) is 3.40. The van der Waals surface area contributed by atoms with Crippen LogP contribution < -0.4 is 0 Å². The molecule has 5 heterocycles. The highest BCUT2D eigenvalue weighted by molar-refractivity contribution is 5.70. The van der Waals surface area contributed by atoms with Gasteiger partial charge in [0.05, 0.1) is 6.04 Å². The summed E-state index contributed by atoms with van der Waals surface area (Å²) in [4.78, 5) is 21.6. The summed E-state index contributed by atoms with van der Waals surface area (Å²) in [5.74, 6) is 0.190. The lowest BCUT2D eigenvalue weighted by atomic mass is 9.86. The van der Waals surface area contributed by atoms with Gasteiger partial charge in [0.25, 0.3) is 0 Å². The van der Waals surface area contributed by atoms with Crippen molar-refractivity contribution in [2.24, 2.45) is 5.92 Å². The summed E-state index contributed by atoms with van der Waals surface area (Å²) in [5, 5.41) is 0. The molecule has 2 aromatic rings. The van der Waals surface area contributed by atoms with Gasteiger partial charge in [-0.1, -0.05) is 12.1 Å². The van der Waals surface area contributed by atoms with Crippen LogP contribution >= 0.6 is 0 Å². The van der Waals surface area contributed by atoms with Crippen molar-refractivity contribution in [1.29, 1.82) is 0 Å². The minimum absolute atomic E-state index is 0.0253. The molecular formula is C22H24FN3O2. The minimum atomic E-state index is -0.282. The van der Waals surface area contributed by atoms with Crippen LogP contribution in [0.5, 0.6) is 0 Å². The molecule has 146 valence electrons. The topological polar surface area (TPSA) is 45.7 Å². The maximum atomic E-state index is 13.5. The number of pyridine rings is 1. The van der Waals surface area contributed by atoms with Crippen molar-refractivity contribution in [2.45, 2.75) is 31.4 Å². The maximum absolute atomic E-state index is 13.5. The number of piperidine rings is 3. The van der Waals surface area contributed by atoms with E-state index in [1.54, 1.807) is 23.2 Å². The Morgan fingerprint density at radius 2 is 1.89 bits per heavy atom. The van der Waals surface area contributed by atoms with Gasteiger partial charge >= 0.3 is 6.09 Å². The van der Waals surface area contributed by atoms with Gasteiger partial charge in [0.15, 0.2) is 0 Å². The van der Waals surface area contributed by atoms with Crippen molar-refractivity contribution < 1.29 is 13.9 Å². The molecule has 6 rings (SSSR count). The minimum Gasteiger partial charge on any atom is -0.444 e. The standard InChI is InChI=1S/C22H24FN3O2/c23-18-3-1-16(2-4-18)21-19-5-9-24-13-17(19)8-12-26(21)22(27)28-20-14-25-10-6-15(20)7-11-25/h1-5,9,13,15,20-21H,6-8,10-12,14H2/t20-,21+/m1/s1. The summed E-state index contributed by atoms with van der Waals surface area (Å²) in [7, 11) is 0. The normalized spacial score (nSPS) is 28.7. The van der Waals surface area contributed by atoms with Gasteiger partial charge in [-0.2, -0.15) is 0 Å². The van der Waals surface area contributed by atoms with E-state index >= 15 is 0 Å². The zero-order valence-corrected chi connectivity index (χ0v) is 15.8. The van der Waals surface area contributed by atoms with E-state index in [9.17, 15) is 9.18 Å². The first-order valence-corrected chi connectivity index (χ1v) is 10.1. The third-order valence-corrected chi connectivity index (χ3v) is 6.44. The lowest BCUT2D eigenvalue weighted by molar-refractivity contribution is -0.0462. The number of fused-ring (bicyclic) bond motifs is 4. The third kappa shape index (κ3) is 3.15. The Hall–Kier alpha value is -2.47. The molecule has 0 spiro atoms. The smallest absolute Gasteiger partial charge is 0.410 e. The number of carbonyl (C=O) groups excluding carboxylic acids is 1. The molecule has 2 bridgehead atoms. The second kappa shape index (κ2) is 7.17. The van der Waals surface area contributed by atoms with Gasteiger partial charge in [-0.25, -0.2) is 9.18 Å². The fraction of sp³-hybridized carbons (Fsp3) is 0.455. The molecule has 0 unspecified atom stereocenters. The number of amides is 1. The monoisotopic (exact) mass is 381 g/mol. The fourth-order valence-corrected chi connectivity index (χ4v) is 4.89. The number of hydrogen-bond acceptors (Lipinski definition) is 4. The van der Waals surface area contributed by atoms with E-state index in [1.165, 1.54) is 12.1 Å². The number of nitrogens with zero attached hydrogens (tertiary/aromatic N) is 3. The Balaban J connectivity index is 1.43. The van der Waals surface area contributed by atoms with Crippen molar-refractivity contribution in [1.82, 2.24) is 14.8 Å². The van der Waals surface area contributed by atoms with Crippen molar-refractivity contribution in [3.8, 4) is 0 Å². The second-order valence-corrected chi connectivity index (χ2v) is 8.03. The van der Waals surface area contributed by atoms with Gasteiger partial charge in [-0.15, -0.1) is 0 Å². The summed E-state index contributed by atoms with van der Waals surface area (Å²) in [6, 6.07) is 8.08. The molecule has 6 heteroatoms. The van der Waals surface area contributed by atoms with Crippen LogP contribution in [-0.4, -0.2) is 53.2 Å². The Kier molecular flexibility index (Phi) is 4.51. The highest BCUT2D eigenvalue weighted by Gasteiger charge is 2.39. The van der Waals surface area contributed by atoms with Crippen LogP contribution in [0.2, 0.25) is 0 Å². The summed E-state index contributed by atoms with van der Waals surface area (Å²) in [5.41, 5.74) is 3.06. The number of benzene rings is 1. The summed E-state index contributed by atoms with van der Waals surface area (Å²) >= 11 is 0. The Labute approximate surface area is 164 Å². The number of carbonyl (C=O) groups is 1. The lowest BCUT2D eigenvalue weighted by Crippen LogP contribution is -2.53. The van der Waals surface area contributed by atoms with Crippen molar-refractivity contribution in [2.75, 3.05) is 26.2 Å². The first-order chi connectivity index (χ1) is 13.7. The molecule has 1 aromatic carbocycles. The molecule has 0 N–H and O–H groups in total. The van der Waals surface area contributed by atoms with E-state index in [2.05, 4.69) is 9.88 Å². The third-order valence-electron chi connectivity index (χ3n) is 6.44. The largest absolute Gasteiger partial charge is 0.444 e. The first-order valence-electron chi connectivity index (χ1n) is 10.1. The molecule has 1 aromatic heterocycles. The second-order valence-electron chi connectivity index (χ2n) is 8.03. The quantitative estimate of drug-likeness (QED) is 0.800. The summed E-state index contributed by atoms with van der Waals surface area (Å²) in [6.07, 6.45) is 6.27. The maximum Gasteiger partial charge on any atom is 0.410 e. The Bertz CT molecular complexity index is 864. The molecule has 5 nitrogen and oxygen atoms in total. The molecule has 0 radical (unpaired) electrons. The van der Waals surface area contributed by atoms with E-state index in [1.807, 2.05) is 12.3 Å². The van der Waals surface area contributed by atoms with Crippen molar-refractivity contribution >= 4 is 6.09 Å². The van der Waals surface area contributed by atoms with E-state index in [4.69, 9.17) is 4.74 Å². The fourth-order valence-electron chi connectivity index (χ4n) is 4.89. The SMILES string of the molecule is O=C(O[C@@H]1CN2CCC1CC2)N1CCc2cnccc2[C@@H]1c1ccc(F)cc1. The highest BCUT2D eigenvalue weighted by Crippen LogP contribution is 2.36. The van der Waals surface area contributed by atoms with Crippen molar-refractivity contribution in [3.63, 3.8) is 0 Å². The number of ether oxygens (including phenoxy) is 1. The van der Waals surface area contributed by atoms with E-state index in [-0.39, 0.29) is 24.1 Å². The summed E-state index contributed by atoms with van der Waals surface area (Å²) in [6.45, 7) is 3.63. The van der Waals surface area contributed by atoms with Crippen LogP contribution in [0, 0.1) is 11.7 Å². The van der Waals surface area contributed by atoms with E-state index in [0.717, 1.165) is 55.6 Å². The summed E-state index contributed by atoms with van der Waals surface area (Å²) < 4.78 is 19.5. The van der Waals surface area contributed by atoms with Gasteiger partial charge in [0, 0.05) is 25.5 Å². The molecule has 1 amide bonds. The number of aromatic nitrogens is 1. The molecule has 28 heavy (non-hydrogen) atoms. The Morgan fingerprint density at radius 1 is 1.11 bits per heavy atom. The van der Waals surface area contributed by atoms with Gasteiger partial charge in [0.1, 0.15) is 11.9 Å². The van der Waals surface area contributed by atoms with Crippen LogP contribution in [0.4, 0.5) is 9.18 Å². The molecule has 3 fully saturated rings. The predicted molar refractivity (Wildman–Crippen MR) is 102 cm³/mol. The first kappa shape index (κ1) is 17.6. The van der Waals surface area contributed by atoms with Crippen LogP contribution in [0.15, 0.2) is 42.7 Å². The van der Waals surface area contributed by atoms with Gasteiger partial charge in [-0.05, 0) is 73.2 Å². The van der Waals surface area contributed by atoms with Crippen LogP contribution in [0.3, 0.4) is 0 Å². The molecule has 0 aliphatic carbocycles. The number of hydrogen-bond donors (Lipinski definition) is 0. The molecule has 3 saturated heterocycles. The molecule has 0 saturated carbocycles. The molecule has 2 atom stereocenters. The Morgan fingerprint density at radius 3 is 2.61 bits per heavy atom. The number of halogens is 1. The number of rotatable bonds is 2. The van der Waals surface area contributed by atoms with Crippen LogP contribution in [0.25, 0.3) is 0 Å². The average molecular weight is 381 g/mol. The van der Waals surface area contributed by atoms with E-state index < -0.39 is 0 Å². The van der Waals surface area contributed by atoms with Gasteiger partial charge < -0.3 is 4.74 Å². The molecular weight excluding hydrogens is 357 g/mol. The average Bonchev–Trinajstić information content (AvgIpc) is 2.74. The van der Waals surface area contributed by atoms with Gasteiger partial charge in [-0.3, -0.25) is 14.8 Å².